The van der Waals surface area contributed by atoms with Crippen LogP contribution in [0.2, 0.25) is 0 Å². The van der Waals surface area contributed by atoms with Crippen molar-refractivity contribution in [3.05, 3.63) is 0 Å². The van der Waals surface area contributed by atoms with Gasteiger partial charge in [-0.05, 0) is 6.92 Å². The van der Waals surface area contributed by atoms with E-state index in [9.17, 15) is 4.79 Å². The largest absolute Gasteiger partial charge is 0.383 e. The molecule has 3 N–H and O–H groups in total. The number of ether oxygens (including phenoxy) is 2. The smallest absolute Gasteiger partial charge is 0.227 e. The maximum Gasteiger partial charge on any atom is 0.227 e. The number of carbonyl (C=O) groups is 1. The highest BCUT2D eigenvalue weighted by atomic mass is 16.5. The quantitative estimate of drug-likeness (QED) is 0.620. The molecule has 0 bridgehead atoms. The van der Waals surface area contributed by atoms with Gasteiger partial charge in [-0.3, -0.25) is 4.79 Å². The third-order valence-corrected chi connectivity index (χ3v) is 2.27. The van der Waals surface area contributed by atoms with E-state index in [2.05, 4.69) is 5.32 Å². The molecular formula is C9H18N2O3. The van der Waals surface area contributed by atoms with E-state index in [0.29, 0.717) is 19.8 Å². The van der Waals surface area contributed by atoms with Gasteiger partial charge in [-0.1, -0.05) is 0 Å². The molecule has 5 heteroatoms. The molecule has 0 spiro atoms. The third-order valence-electron chi connectivity index (χ3n) is 2.27. The van der Waals surface area contributed by atoms with E-state index in [1.807, 2.05) is 6.92 Å². The van der Waals surface area contributed by atoms with E-state index in [-0.39, 0.29) is 23.9 Å². The lowest BCUT2D eigenvalue weighted by atomic mass is 10.0. The van der Waals surface area contributed by atoms with Crippen molar-refractivity contribution < 1.29 is 14.3 Å². The molecule has 0 saturated carbocycles. The number of carbonyl (C=O) groups excluding carboxylic acids is 1. The zero-order chi connectivity index (χ0) is 10.6. The number of hydrogen-bond donors (Lipinski definition) is 2. The van der Waals surface area contributed by atoms with Crippen molar-refractivity contribution in [3.63, 3.8) is 0 Å². The summed E-state index contributed by atoms with van der Waals surface area (Å²) in [5.74, 6) is -0.256. The number of methoxy groups -OCH3 is 1. The fourth-order valence-corrected chi connectivity index (χ4v) is 1.48. The van der Waals surface area contributed by atoms with E-state index >= 15 is 0 Å². The summed E-state index contributed by atoms with van der Waals surface area (Å²) in [5, 5.41) is 2.83. The van der Waals surface area contributed by atoms with Crippen LogP contribution in [0.1, 0.15) is 6.92 Å². The van der Waals surface area contributed by atoms with E-state index in [0.717, 1.165) is 0 Å². The highest BCUT2D eigenvalue weighted by Crippen LogP contribution is 2.11. The van der Waals surface area contributed by atoms with E-state index in [1.54, 1.807) is 7.11 Å². The van der Waals surface area contributed by atoms with Crippen LogP contribution in [0.4, 0.5) is 0 Å². The van der Waals surface area contributed by atoms with Crippen molar-refractivity contribution in [2.75, 3.05) is 26.9 Å². The van der Waals surface area contributed by atoms with Crippen LogP contribution in [0, 0.1) is 5.92 Å². The van der Waals surface area contributed by atoms with Gasteiger partial charge in [0, 0.05) is 19.2 Å². The Balaban J connectivity index is 2.33. The first-order valence-corrected chi connectivity index (χ1v) is 4.77. The number of amides is 1. The second-order valence-corrected chi connectivity index (χ2v) is 3.67. The molecule has 0 aromatic carbocycles. The summed E-state index contributed by atoms with van der Waals surface area (Å²) in [5.41, 5.74) is 5.71. The second-order valence-electron chi connectivity index (χ2n) is 3.67. The minimum Gasteiger partial charge on any atom is -0.383 e. The van der Waals surface area contributed by atoms with Gasteiger partial charge in [-0.25, -0.2) is 0 Å². The molecule has 1 fully saturated rings. The molecule has 3 atom stereocenters. The van der Waals surface area contributed by atoms with Crippen LogP contribution in [0.25, 0.3) is 0 Å². The number of nitrogens with one attached hydrogen (secondary N) is 1. The minimum absolute atomic E-state index is 0.0142. The number of rotatable bonds is 4. The van der Waals surface area contributed by atoms with Gasteiger partial charge < -0.3 is 20.5 Å². The molecule has 0 radical (unpaired) electrons. The Morgan fingerprint density at radius 3 is 2.93 bits per heavy atom. The normalized spacial score (nSPS) is 28.8. The Hall–Kier alpha value is -0.650. The van der Waals surface area contributed by atoms with Crippen LogP contribution in [0.5, 0.6) is 0 Å². The topological polar surface area (TPSA) is 73.6 Å². The van der Waals surface area contributed by atoms with Crippen molar-refractivity contribution in [1.29, 1.82) is 0 Å². The van der Waals surface area contributed by atoms with Gasteiger partial charge >= 0.3 is 0 Å². The van der Waals surface area contributed by atoms with E-state index < -0.39 is 0 Å². The van der Waals surface area contributed by atoms with Gasteiger partial charge in [0.25, 0.3) is 0 Å². The monoisotopic (exact) mass is 202 g/mol. The summed E-state index contributed by atoms with van der Waals surface area (Å²) < 4.78 is 10.0. The Morgan fingerprint density at radius 1 is 1.71 bits per heavy atom. The Bertz CT molecular complexity index is 198. The molecule has 0 aromatic rings. The van der Waals surface area contributed by atoms with Crippen molar-refractivity contribution >= 4 is 5.91 Å². The van der Waals surface area contributed by atoms with Crippen molar-refractivity contribution in [1.82, 2.24) is 5.32 Å². The summed E-state index contributed by atoms with van der Waals surface area (Å²) in [4.78, 5) is 11.6. The summed E-state index contributed by atoms with van der Waals surface area (Å²) in [6.07, 6.45) is 0. The van der Waals surface area contributed by atoms with Crippen LogP contribution in [0.15, 0.2) is 0 Å². The second kappa shape index (κ2) is 5.29. The molecule has 1 amide bonds. The Labute approximate surface area is 83.9 Å². The summed E-state index contributed by atoms with van der Waals surface area (Å²) in [6, 6.07) is -0.162. The van der Waals surface area contributed by atoms with Crippen molar-refractivity contribution in [2.45, 2.75) is 19.0 Å². The van der Waals surface area contributed by atoms with Gasteiger partial charge in [0.1, 0.15) is 0 Å². The highest BCUT2D eigenvalue weighted by Gasteiger charge is 2.31. The molecule has 1 aliphatic heterocycles. The molecular weight excluding hydrogens is 184 g/mol. The molecule has 14 heavy (non-hydrogen) atoms. The first-order valence-electron chi connectivity index (χ1n) is 4.77. The van der Waals surface area contributed by atoms with Gasteiger partial charge in [-0.2, -0.15) is 0 Å². The maximum atomic E-state index is 11.6. The van der Waals surface area contributed by atoms with Crippen molar-refractivity contribution in [3.8, 4) is 0 Å². The lowest BCUT2D eigenvalue weighted by Gasteiger charge is -2.17. The zero-order valence-corrected chi connectivity index (χ0v) is 8.66. The molecule has 82 valence electrons. The minimum atomic E-state index is -0.214. The maximum absolute atomic E-state index is 11.6. The summed E-state index contributed by atoms with van der Waals surface area (Å²) in [6.45, 7) is 3.29. The average molecular weight is 202 g/mol. The van der Waals surface area contributed by atoms with Gasteiger partial charge in [0.15, 0.2) is 0 Å². The Kier molecular flexibility index (Phi) is 4.31. The number of nitrogens with two attached hydrogens (primary N) is 1. The van der Waals surface area contributed by atoms with Crippen LogP contribution >= 0.6 is 0 Å². The van der Waals surface area contributed by atoms with E-state index in [1.165, 1.54) is 0 Å². The first kappa shape index (κ1) is 11.4. The zero-order valence-electron chi connectivity index (χ0n) is 8.66. The van der Waals surface area contributed by atoms with Crippen molar-refractivity contribution in [2.24, 2.45) is 11.7 Å². The van der Waals surface area contributed by atoms with Gasteiger partial charge in [0.05, 0.1) is 25.7 Å². The fourth-order valence-electron chi connectivity index (χ4n) is 1.48. The lowest BCUT2D eigenvalue weighted by Crippen LogP contribution is -2.45. The number of hydrogen-bond acceptors (Lipinski definition) is 4. The highest BCUT2D eigenvalue weighted by molar-refractivity contribution is 5.80. The van der Waals surface area contributed by atoms with Crippen LogP contribution in [-0.4, -0.2) is 44.9 Å². The van der Waals surface area contributed by atoms with Crippen LogP contribution < -0.4 is 11.1 Å². The van der Waals surface area contributed by atoms with Crippen LogP contribution in [0.3, 0.4) is 0 Å². The molecule has 1 aliphatic rings. The first-order chi connectivity index (χ1) is 6.65. The lowest BCUT2D eigenvalue weighted by molar-refractivity contribution is -0.126. The molecule has 1 heterocycles. The molecule has 1 saturated heterocycles. The molecule has 0 aliphatic carbocycles. The molecule has 3 unspecified atom stereocenters. The molecule has 5 nitrogen and oxygen atoms in total. The Morgan fingerprint density at radius 2 is 2.43 bits per heavy atom. The predicted octanol–water partition coefficient (Wildman–Crippen LogP) is -0.889. The van der Waals surface area contributed by atoms with Crippen LogP contribution in [-0.2, 0) is 14.3 Å². The SMILES string of the molecule is COCC(C)NC(=O)C1COCC1N. The fraction of sp³-hybridized carbons (Fsp3) is 0.889. The van der Waals surface area contributed by atoms with Gasteiger partial charge in [0.2, 0.25) is 5.91 Å². The predicted molar refractivity (Wildman–Crippen MR) is 51.8 cm³/mol. The summed E-state index contributed by atoms with van der Waals surface area (Å²) >= 11 is 0. The average Bonchev–Trinajstić information content (AvgIpc) is 2.51. The standard InChI is InChI=1S/C9H18N2O3/c1-6(3-13-2)11-9(12)7-4-14-5-8(7)10/h6-8H,3-5,10H2,1-2H3,(H,11,12). The molecule has 1 rings (SSSR count). The van der Waals surface area contributed by atoms with Gasteiger partial charge in [-0.15, -0.1) is 0 Å². The van der Waals surface area contributed by atoms with E-state index in [4.69, 9.17) is 15.2 Å². The summed E-state index contributed by atoms with van der Waals surface area (Å²) in [7, 11) is 1.60. The third kappa shape index (κ3) is 2.94. The molecule has 0 aromatic heterocycles.